The zero-order valence-electron chi connectivity index (χ0n) is 8.48. The Morgan fingerprint density at radius 1 is 1.31 bits per heavy atom. The normalized spacial score (nSPS) is 10.4. The second-order valence-corrected chi connectivity index (χ2v) is 3.35. The molecular weight excluding hydrogens is 164 g/mol. The lowest BCUT2D eigenvalue weighted by Crippen LogP contribution is -2.15. The molecule has 0 aromatic carbocycles. The van der Waals surface area contributed by atoms with E-state index >= 15 is 0 Å². The lowest BCUT2D eigenvalue weighted by molar-refractivity contribution is 0.745. The van der Waals surface area contributed by atoms with Crippen molar-refractivity contribution < 1.29 is 0 Å². The van der Waals surface area contributed by atoms with Crippen molar-refractivity contribution in [3.05, 3.63) is 27.2 Å². The summed E-state index contributed by atoms with van der Waals surface area (Å²) < 4.78 is 0. The van der Waals surface area contributed by atoms with E-state index in [4.69, 9.17) is 0 Å². The molecule has 0 aliphatic carbocycles. The molecule has 1 N–H and O–H groups in total. The van der Waals surface area contributed by atoms with Crippen LogP contribution in [0.25, 0.3) is 0 Å². The smallest absolute Gasteiger partial charge is 0.267 e. The van der Waals surface area contributed by atoms with Gasteiger partial charge in [0.15, 0.2) is 0 Å². The van der Waals surface area contributed by atoms with Crippen LogP contribution < -0.4 is 5.56 Å². The summed E-state index contributed by atoms with van der Waals surface area (Å²) in [6.45, 7) is 5.95. The lowest BCUT2D eigenvalue weighted by Gasteiger charge is -2.04. The molecule has 0 spiro atoms. The van der Waals surface area contributed by atoms with Crippen molar-refractivity contribution in [1.82, 2.24) is 10.2 Å². The van der Waals surface area contributed by atoms with E-state index in [0.717, 1.165) is 36.1 Å². The summed E-state index contributed by atoms with van der Waals surface area (Å²) in [7, 11) is 0. The van der Waals surface area contributed by atoms with Gasteiger partial charge in [0.2, 0.25) is 0 Å². The average molecular weight is 180 g/mol. The fraction of sp³-hybridized carbons (Fsp3) is 0.600. The van der Waals surface area contributed by atoms with Crippen LogP contribution in [-0.2, 0) is 6.42 Å². The van der Waals surface area contributed by atoms with Gasteiger partial charge in [0.25, 0.3) is 5.56 Å². The average Bonchev–Trinajstić information content (AvgIpc) is 2.13. The van der Waals surface area contributed by atoms with Gasteiger partial charge in [0.1, 0.15) is 0 Å². The standard InChI is InChI=1S/C10H16N2O/c1-4-5-6-9-7(2)8(3)10(13)12-11-9/h4-6H2,1-3H3,(H,12,13). The molecule has 0 aliphatic rings. The number of aryl methyl sites for hydroxylation is 1. The molecule has 13 heavy (non-hydrogen) atoms. The molecule has 0 saturated heterocycles. The molecule has 0 fully saturated rings. The zero-order valence-corrected chi connectivity index (χ0v) is 8.48. The Balaban J connectivity index is 2.97. The maximum atomic E-state index is 11.1. The highest BCUT2D eigenvalue weighted by molar-refractivity contribution is 5.24. The third-order valence-electron chi connectivity index (χ3n) is 2.40. The maximum Gasteiger partial charge on any atom is 0.267 e. The first kappa shape index (κ1) is 9.96. The molecule has 3 nitrogen and oxygen atoms in total. The fourth-order valence-corrected chi connectivity index (χ4v) is 1.26. The molecule has 3 heteroatoms. The van der Waals surface area contributed by atoms with Gasteiger partial charge in [0.05, 0.1) is 5.69 Å². The minimum absolute atomic E-state index is 0.0715. The number of hydrogen-bond donors (Lipinski definition) is 1. The molecule has 1 rings (SSSR count). The number of aromatic nitrogens is 2. The van der Waals surface area contributed by atoms with Gasteiger partial charge in [-0.3, -0.25) is 4.79 Å². The monoisotopic (exact) mass is 180 g/mol. The van der Waals surface area contributed by atoms with Gasteiger partial charge in [-0.25, -0.2) is 5.10 Å². The predicted molar refractivity (Wildman–Crippen MR) is 52.9 cm³/mol. The fourth-order valence-electron chi connectivity index (χ4n) is 1.26. The number of nitrogens with zero attached hydrogens (tertiary/aromatic N) is 1. The highest BCUT2D eigenvalue weighted by Crippen LogP contribution is 2.08. The van der Waals surface area contributed by atoms with E-state index in [2.05, 4.69) is 17.1 Å². The Labute approximate surface area is 78.2 Å². The first-order chi connectivity index (χ1) is 6.16. The van der Waals surface area contributed by atoms with E-state index in [0.29, 0.717) is 0 Å². The molecule has 0 amide bonds. The maximum absolute atomic E-state index is 11.1. The van der Waals surface area contributed by atoms with Crippen LogP contribution in [0.2, 0.25) is 0 Å². The van der Waals surface area contributed by atoms with Gasteiger partial charge in [-0.15, -0.1) is 0 Å². The van der Waals surface area contributed by atoms with Crippen LogP contribution in [0.5, 0.6) is 0 Å². The van der Waals surface area contributed by atoms with Crippen molar-refractivity contribution in [2.24, 2.45) is 0 Å². The molecule has 1 aromatic heterocycles. The first-order valence-corrected chi connectivity index (χ1v) is 4.71. The van der Waals surface area contributed by atoms with Crippen LogP contribution in [0.4, 0.5) is 0 Å². The summed E-state index contributed by atoms with van der Waals surface area (Å²) >= 11 is 0. The van der Waals surface area contributed by atoms with Gasteiger partial charge >= 0.3 is 0 Å². The quantitative estimate of drug-likeness (QED) is 0.770. The largest absolute Gasteiger partial charge is 0.268 e. The van der Waals surface area contributed by atoms with Crippen molar-refractivity contribution in [2.75, 3.05) is 0 Å². The molecule has 0 unspecified atom stereocenters. The molecule has 0 radical (unpaired) electrons. The Hall–Kier alpha value is -1.12. The summed E-state index contributed by atoms with van der Waals surface area (Å²) in [5.41, 5.74) is 2.79. The van der Waals surface area contributed by atoms with Gasteiger partial charge in [0, 0.05) is 5.56 Å². The van der Waals surface area contributed by atoms with Crippen molar-refractivity contribution in [3.8, 4) is 0 Å². The number of unbranched alkanes of at least 4 members (excludes halogenated alkanes) is 1. The van der Waals surface area contributed by atoms with E-state index in [9.17, 15) is 4.79 Å². The predicted octanol–water partition coefficient (Wildman–Crippen LogP) is 1.73. The minimum atomic E-state index is -0.0715. The molecule has 1 heterocycles. The van der Waals surface area contributed by atoms with Gasteiger partial charge in [-0.2, -0.15) is 5.10 Å². The number of nitrogens with one attached hydrogen (secondary N) is 1. The summed E-state index contributed by atoms with van der Waals surface area (Å²) in [5.74, 6) is 0. The van der Waals surface area contributed by atoms with Crippen LogP contribution in [0.15, 0.2) is 4.79 Å². The summed E-state index contributed by atoms with van der Waals surface area (Å²) in [4.78, 5) is 11.1. The van der Waals surface area contributed by atoms with Crippen LogP contribution in [0, 0.1) is 13.8 Å². The number of aromatic amines is 1. The van der Waals surface area contributed by atoms with Gasteiger partial charge < -0.3 is 0 Å². The molecule has 0 bridgehead atoms. The van der Waals surface area contributed by atoms with Crippen LogP contribution in [0.1, 0.15) is 36.6 Å². The Morgan fingerprint density at radius 2 is 2.00 bits per heavy atom. The Bertz CT molecular complexity index is 341. The first-order valence-electron chi connectivity index (χ1n) is 4.71. The molecule has 72 valence electrons. The van der Waals surface area contributed by atoms with E-state index in [1.54, 1.807) is 0 Å². The van der Waals surface area contributed by atoms with Gasteiger partial charge in [-0.05, 0) is 32.3 Å². The summed E-state index contributed by atoms with van der Waals surface area (Å²) in [5, 5.41) is 6.55. The number of hydrogen-bond acceptors (Lipinski definition) is 2. The SMILES string of the molecule is CCCCc1n[nH]c(=O)c(C)c1C. The van der Waals surface area contributed by atoms with Crippen LogP contribution >= 0.6 is 0 Å². The zero-order chi connectivity index (χ0) is 9.84. The third-order valence-corrected chi connectivity index (χ3v) is 2.40. The van der Waals surface area contributed by atoms with Crippen LogP contribution in [0.3, 0.4) is 0 Å². The van der Waals surface area contributed by atoms with Crippen molar-refractivity contribution in [1.29, 1.82) is 0 Å². The van der Waals surface area contributed by atoms with E-state index in [1.807, 2.05) is 13.8 Å². The van der Waals surface area contributed by atoms with Crippen molar-refractivity contribution in [3.63, 3.8) is 0 Å². The van der Waals surface area contributed by atoms with Crippen molar-refractivity contribution >= 4 is 0 Å². The van der Waals surface area contributed by atoms with Crippen molar-refractivity contribution in [2.45, 2.75) is 40.0 Å². The second-order valence-electron chi connectivity index (χ2n) is 3.35. The summed E-state index contributed by atoms with van der Waals surface area (Å²) in [6.07, 6.45) is 3.23. The van der Waals surface area contributed by atoms with Crippen LogP contribution in [-0.4, -0.2) is 10.2 Å². The summed E-state index contributed by atoms with van der Waals surface area (Å²) in [6, 6.07) is 0. The van der Waals surface area contributed by atoms with E-state index < -0.39 is 0 Å². The molecule has 0 saturated carbocycles. The second kappa shape index (κ2) is 4.21. The Kier molecular flexibility index (Phi) is 3.23. The van der Waals surface area contributed by atoms with E-state index in [1.165, 1.54) is 0 Å². The van der Waals surface area contributed by atoms with Gasteiger partial charge in [-0.1, -0.05) is 13.3 Å². The lowest BCUT2D eigenvalue weighted by atomic mass is 10.1. The third kappa shape index (κ3) is 2.17. The molecule has 1 aromatic rings. The highest BCUT2D eigenvalue weighted by Gasteiger charge is 2.04. The molecule has 0 atom stereocenters. The Morgan fingerprint density at radius 3 is 2.62 bits per heavy atom. The minimum Gasteiger partial charge on any atom is -0.268 e. The topological polar surface area (TPSA) is 45.8 Å². The highest BCUT2D eigenvalue weighted by atomic mass is 16.1. The number of rotatable bonds is 3. The van der Waals surface area contributed by atoms with E-state index in [-0.39, 0.29) is 5.56 Å². The molecular formula is C10H16N2O. The molecule has 0 aliphatic heterocycles. The number of H-pyrrole nitrogens is 1.